The first kappa shape index (κ1) is 18.2. The first-order chi connectivity index (χ1) is 14.3. The van der Waals surface area contributed by atoms with Gasteiger partial charge in [0.15, 0.2) is 0 Å². The van der Waals surface area contributed by atoms with E-state index in [9.17, 15) is 4.79 Å². The zero-order chi connectivity index (χ0) is 19.6. The molecule has 3 heterocycles. The highest BCUT2D eigenvalue weighted by Gasteiger charge is 2.30. The van der Waals surface area contributed by atoms with Crippen LogP contribution in [0, 0.1) is 5.92 Å². The fraction of sp³-hybridized carbons (Fsp3) is 0.360. The number of carbonyl (C=O) groups is 1. The van der Waals surface area contributed by atoms with Crippen molar-refractivity contribution in [3.05, 3.63) is 83.9 Å². The van der Waals surface area contributed by atoms with E-state index in [1.165, 1.54) is 23.4 Å². The maximum Gasteiger partial charge on any atom is 0.226 e. The lowest BCUT2D eigenvalue weighted by atomic mass is 9.85. The highest BCUT2D eigenvalue weighted by molar-refractivity contribution is 5.78. The maximum atomic E-state index is 12.6. The van der Waals surface area contributed by atoms with E-state index in [-0.39, 0.29) is 5.91 Å². The summed E-state index contributed by atoms with van der Waals surface area (Å²) in [7, 11) is 0. The van der Waals surface area contributed by atoms with E-state index in [0.29, 0.717) is 18.3 Å². The maximum absolute atomic E-state index is 12.6. The van der Waals surface area contributed by atoms with Crippen molar-refractivity contribution in [2.24, 2.45) is 5.92 Å². The quantitative estimate of drug-likeness (QED) is 0.645. The first-order valence-corrected chi connectivity index (χ1v) is 10.7. The molecule has 4 heteroatoms. The zero-order valence-electron chi connectivity index (χ0n) is 16.7. The van der Waals surface area contributed by atoms with E-state index in [0.717, 1.165) is 37.9 Å². The molecule has 4 nitrogen and oxygen atoms in total. The fourth-order valence-corrected chi connectivity index (χ4v) is 4.98. The Bertz CT molecular complexity index is 986. The molecule has 1 fully saturated rings. The van der Waals surface area contributed by atoms with Crippen molar-refractivity contribution >= 4 is 5.91 Å². The highest BCUT2D eigenvalue weighted by atomic mass is 16.2. The fourth-order valence-electron chi connectivity index (χ4n) is 4.98. The molecule has 1 atom stereocenters. The largest absolute Gasteiger partial charge is 0.342 e. The molecule has 29 heavy (non-hydrogen) atoms. The second-order valence-corrected chi connectivity index (χ2v) is 8.36. The first-order valence-electron chi connectivity index (χ1n) is 10.7. The zero-order valence-corrected chi connectivity index (χ0v) is 16.7. The average Bonchev–Trinajstić information content (AvgIpc) is 3.35. The second kappa shape index (κ2) is 7.86. The van der Waals surface area contributed by atoms with Crippen LogP contribution in [-0.2, 0) is 11.2 Å². The molecule has 2 aliphatic rings. The second-order valence-electron chi connectivity index (χ2n) is 8.36. The van der Waals surface area contributed by atoms with Crippen molar-refractivity contribution in [3.8, 4) is 5.69 Å². The van der Waals surface area contributed by atoms with Crippen molar-refractivity contribution < 1.29 is 4.79 Å². The van der Waals surface area contributed by atoms with E-state index in [4.69, 9.17) is 0 Å². The molecule has 3 aromatic rings. The molecule has 2 aromatic carbocycles. The molecule has 2 aliphatic heterocycles. The van der Waals surface area contributed by atoms with Crippen LogP contribution in [0.1, 0.15) is 48.4 Å². The minimum Gasteiger partial charge on any atom is -0.342 e. The number of amides is 1. The van der Waals surface area contributed by atoms with Gasteiger partial charge in [-0.1, -0.05) is 48.5 Å². The molecule has 1 saturated heterocycles. The molecule has 0 aliphatic carbocycles. The number of aromatic nitrogens is 2. The summed E-state index contributed by atoms with van der Waals surface area (Å²) >= 11 is 0. The van der Waals surface area contributed by atoms with Gasteiger partial charge in [0.2, 0.25) is 5.91 Å². The van der Waals surface area contributed by atoms with Gasteiger partial charge in [0.1, 0.15) is 0 Å². The summed E-state index contributed by atoms with van der Waals surface area (Å²) in [5, 5.41) is 0. The topological polar surface area (TPSA) is 38.1 Å². The van der Waals surface area contributed by atoms with Crippen LogP contribution in [0.15, 0.2) is 67.1 Å². The van der Waals surface area contributed by atoms with Crippen molar-refractivity contribution in [1.82, 2.24) is 14.5 Å². The number of imidazole rings is 1. The standard InChI is InChI=1S/C25H27N3O/c29-25(16-20-6-2-1-3-7-20)27-14-12-19(13-15-27)10-11-22-21-8-4-5-9-23(21)28-18-26-17-24(22)28/h1-9,17-19,22H,10-16H2. The van der Waals surface area contributed by atoms with Crippen LogP contribution in [0.2, 0.25) is 0 Å². The summed E-state index contributed by atoms with van der Waals surface area (Å²) in [6.45, 7) is 1.80. The van der Waals surface area contributed by atoms with Gasteiger partial charge in [-0.15, -0.1) is 0 Å². The van der Waals surface area contributed by atoms with Crippen LogP contribution in [-0.4, -0.2) is 33.4 Å². The summed E-state index contributed by atoms with van der Waals surface area (Å²) in [6.07, 6.45) is 9.09. The monoisotopic (exact) mass is 385 g/mol. The van der Waals surface area contributed by atoms with Gasteiger partial charge in [-0.2, -0.15) is 0 Å². The predicted molar refractivity (Wildman–Crippen MR) is 114 cm³/mol. The summed E-state index contributed by atoms with van der Waals surface area (Å²) < 4.78 is 2.24. The highest BCUT2D eigenvalue weighted by Crippen LogP contribution is 2.41. The number of nitrogens with zero attached hydrogens (tertiary/aromatic N) is 3. The van der Waals surface area contributed by atoms with Crippen LogP contribution >= 0.6 is 0 Å². The Balaban J connectivity index is 1.16. The summed E-state index contributed by atoms with van der Waals surface area (Å²) in [5.74, 6) is 1.43. The van der Waals surface area contributed by atoms with Crippen molar-refractivity contribution in [2.45, 2.75) is 38.0 Å². The van der Waals surface area contributed by atoms with E-state index in [1.807, 2.05) is 42.9 Å². The smallest absolute Gasteiger partial charge is 0.226 e. The number of hydrogen-bond donors (Lipinski definition) is 0. The van der Waals surface area contributed by atoms with E-state index < -0.39 is 0 Å². The van der Waals surface area contributed by atoms with Crippen LogP contribution in [0.5, 0.6) is 0 Å². The predicted octanol–water partition coefficient (Wildman–Crippen LogP) is 4.58. The lowest BCUT2D eigenvalue weighted by Crippen LogP contribution is -2.39. The Kier molecular flexibility index (Phi) is 4.92. The Morgan fingerprint density at radius 2 is 1.72 bits per heavy atom. The molecule has 0 spiro atoms. The molecule has 1 amide bonds. The third kappa shape index (κ3) is 3.59. The normalized spacial score (nSPS) is 18.5. The summed E-state index contributed by atoms with van der Waals surface area (Å²) in [5.41, 5.74) is 5.14. The molecule has 0 N–H and O–H groups in total. The number of carbonyl (C=O) groups excluding carboxylic acids is 1. The van der Waals surface area contributed by atoms with Gasteiger partial charge in [-0.25, -0.2) is 4.98 Å². The Labute approximate surface area is 172 Å². The number of fused-ring (bicyclic) bond motifs is 3. The van der Waals surface area contributed by atoms with E-state index >= 15 is 0 Å². The number of hydrogen-bond acceptors (Lipinski definition) is 2. The molecule has 0 radical (unpaired) electrons. The van der Waals surface area contributed by atoms with Gasteiger partial charge >= 0.3 is 0 Å². The molecule has 148 valence electrons. The van der Waals surface area contributed by atoms with Gasteiger partial charge in [-0.05, 0) is 48.8 Å². The van der Waals surface area contributed by atoms with Crippen LogP contribution in [0.4, 0.5) is 0 Å². The van der Waals surface area contributed by atoms with Crippen molar-refractivity contribution in [2.75, 3.05) is 13.1 Å². The molecule has 0 bridgehead atoms. The van der Waals surface area contributed by atoms with Gasteiger partial charge in [0, 0.05) is 25.2 Å². The Morgan fingerprint density at radius 1 is 0.966 bits per heavy atom. The van der Waals surface area contributed by atoms with E-state index in [2.05, 4.69) is 38.7 Å². The lowest BCUT2D eigenvalue weighted by molar-refractivity contribution is -0.131. The molecular weight excluding hydrogens is 358 g/mol. The van der Waals surface area contributed by atoms with Crippen LogP contribution in [0.3, 0.4) is 0 Å². The Morgan fingerprint density at radius 3 is 2.55 bits per heavy atom. The third-order valence-electron chi connectivity index (χ3n) is 6.62. The van der Waals surface area contributed by atoms with Crippen molar-refractivity contribution in [1.29, 1.82) is 0 Å². The van der Waals surface area contributed by atoms with Gasteiger partial charge in [0.05, 0.1) is 24.1 Å². The Hall–Kier alpha value is -2.88. The number of likely N-dealkylation sites (tertiary alicyclic amines) is 1. The number of piperidine rings is 1. The minimum atomic E-state index is 0.267. The lowest BCUT2D eigenvalue weighted by Gasteiger charge is -2.32. The van der Waals surface area contributed by atoms with Crippen LogP contribution in [0.25, 0.3) is 5.69 Å². The molecule has 0 saturated carbocycles. The number of rotatable bonds is 5. The number of para-hydroxylation sites is 1. The van der Waals surface area contributed by atoms with Gasteiger partial charge in [-0.3, -0.25) is 4.79 Å². The number of benzene rings is 2. The third-order valence-corrected chi connectivity index (χ3v) is 6.62. The van der Waals surface area contributed by atoms with Gasteiger partial charge < -0.3 is 9.47 Å². The van der Waals surface area contributed by atoms with E-state index in [1.54, 1.807) is 0 Å². The molecular formula is C25H27N3O. The summed E-state index contributed by atoms with van der Waals surface area (Å²) in [4.78, 5) is 19.0. The van der Waals surface area contributed by atoms with Crippen LogP contribution < -0.4 is 0 Å². The van der Waals surface area contributed by atoms with Gasteiger partial charge in [0.25, 0.3) is 0 Å². The summed E-state index contributed by atoms with van der Waals surface area (Å²) in [6, 6.07) is 18.8. The minimum absolute atomic E-state index is 0.267. The van der Waals surface area contributed by atoms with Crippen molar-refractivity contribution in [3.63, 3.8) is 0 Å². The molecule has 5 rings (SSSR count). The average molecular weight is 386 g/mol. The molecule has 1 unspecified atom stereocenters. The molecule has 1 aromatic heterocycles. The SMILES string of the molecule is O=C(Cc1ccccc1)N1CCC(CCC2c3ccccc3-n3cncc32)CC1.